The molecule has 0 spiro atoms. The summed E-state index contributed by atoms with van der Waals surface area (Å²) in [6.45, 7) is 3.71. The molecule has 1 atom stereocenters. The molecule has 1 unspecified atom stereocenters. The first kappa shape index (κ1) is 17.0. The number of anilines is 1. The zero-order chi connectivity index (χ0) is 17.1. The summed E-state index contributed by atoms with van der Waals surface area (Å²) in [7, 11) is 0. The van der Waals surface area contributed by atoms with E-state index in [1.165, 1.54) is 30.0 Å². The number of aromatic nitrogens is 2. The van der Waals surface area contributed by atoms with Crippen LogP contribution in [0.4, 0.5) is 5.13 Å². The summed E-state index contributed by atoms with van der Waals surface area (Å²) in [6, 6.07) is 3.84. The highest BCUT2D eigenvalue weighted by Crippen LogP contribution is 2.36. The fraction of sp³-hybridized carbons (Fsp3) is 0.467. The first-order valence-electron chi connectivity index (χ1n) is 7.64. The van der Waals surface area contributed by atoms with E-state index < -0.39 is 0 Å². The van der Waals surface area contributed by atoms with E-state index in [2.05, 4.69) is 15.5 Å². The molecule has 3 rings (SSSR count). The third-order valence-electron chi connectivity index (χ3n) is 3.52. The van der Waals surface area contributed by atoms with Crippen molar-refractivity contribution in [1.82, 2.24) is 15.5 Å². The Morgan fingerprint density at radius 2 is 2.29 bits per heavy atom. The average Bonchev–Trinajstić information content (AvgIpc) is 3.04. The normalized spacial score (nSPS) is 15.1. The van der Waals surface area contributed by atoms with Crippen LogP contribution in [0, 0.1) is 0 Å². The number of amides is 2. The van der Waals surface area contributed by atoms with E-state index in [1.807, 2.05) is 13.0 Å². The number of thioether (sulfide) groups is 1. The van der Waals surface area contributed by atoms with Gasteiger partial charge in [0.05, 0.1) is 18.1 Å². The molecule has 0 bridgehead atoms. The highest BCUT2D eigenvalue weighted by Gasteiger charge is 2.34. The Balaban J connectivity index is 1.55. The summed E-state index contributed by atoms with van der Waals surface area (Å²) in [4.78, 5) is 25.6. The van der Waals surface area contributed by atoms with Crippen LogP contribution in [0.1, 0.15) is 32.4 Å². The standard InChI is InChI=1S/C15H18N4O3S2/c1-9(13(21)16-8-12-4-3-7-22-12)23-15-18-17-14(24-15)19(10(2)20)11-5-6-11/h3-4,7,9,11H,5-6,8H2,1-2H3,(H,16,21). The second-order valence-corrected chi connectivity index (χ2v) is 8.07. The Labute approximate surface area is 147 Å². The number of furan rings is 1. The molecule has 9 heteroatoms. The highest BCUT2D eigenvalue weighted by molar-refractivity contribution is 8.02. The summed E-state index contributed by atoms with van der Waals surface area (Å²) in [5, 5.41) is 11.3. The lowest BCUT2D eigenvalue weighted by Gasteiger charge is -2.15. The molecule has 1 fully saturated rings. The number of hydrogen-bond donors (Lipinski definition) is 1. The second kappa shape index (κ2) is 7.35. The van der Waals surface area contributed by atoms with Crippen LogP contribution in [0.15, 0.2) is 27.2 Å². The molecule has 128 valence electrons. The molecule has 2 aromatic rings. The molecule has 2 heterocycles. The molecule has 7 nitrogen and oxygen atoms in total. The summed E-state index contributed by atoms with van der Waals surface area (Å²) in [5.41, 5.74) is 0. The van der Waals surface area contributed by atoms with Gasteiger partial charge in [-0.1, -0.05) is 23.1 Å². The Morgan fingerprint density at radius 3 is 2.92 bits per heavy atom. The Kier molecular flexibility index (Phi) is 5.20. The molecule has 1 saturated carbocycles. The van der Waals surface area contributed by atoms with Crippen molar-refractivity contribution in [3.8, 4) is 0 Å². The minimum Gasteiger partial charge on any atom is -0.467 e. The van der Waals surface area contributed by atoms with Gasteiger partial charge in [-0.05, 0) is 31.9 Å². The molecular formula is C15H18N4O3S2. The Morgan fingerprint density at radius 1 is 1.50 bits per heavy atom. The van der Waals surface area contributed by atoms with Crippen LogP contribution in [0.5, 0.6) is 0 Å². The van der Waals surface area contributed by atoms with Gasteiger partial charge < -0.3 is 9.73 Å². The van der Waals surface area contributed by atoms with Crippen LogP contribution in [-0.2, 0) is 16.1 Å². The summed E-state index contributed by atoms with van der Waals surface area (Å²) in [5.74, 6) is 0.591. The predicted octanol–water partition coefficient (Wildman–Crippen LogP) is 2.44. The first-order valence-corrected chi connectivity index (χ1v) is 9.34. The monoisotopic (exact) mass is 366 g/mol. The molecule has 2 aromatic heterocycles. The highest BCUT2D eigenvalue weighted by atomic mass is 32.2. The van der Waals surface area contributed by atoms with Gasteiger partial charge in [0.25, 0.3) is 0 Å². The minimum atomic E-state index is -0.313. The number of rotatable bonds is 7. The number of nitrogens with zero attached hydrogens (tertiary/aromatic N) is 3. The molecule has 2 amide bonds. The van der Waals surface area contributed by atoms with Crippen LogP contribution in [0.25, 0.3) is 0 Å². The molecule has 24 heavy (non-hydrogen) atoms. The lowest BCUT2D eigenvalue weighted by molar-refractivity contribution is -0.120. The van der Waals surface area contributed by atoms with Gasteiger partial charge in [-0.2, -0.15) is 0 Å². The van der Waals surface area contributed by atoms with Crippen LogP contribution in [-0.4, -0.2) is 33.3 Å². The number of carbonyl (C=O) groups excluding carboxylic acids is 2. The van der Waals surface area contributed by atoms with E-state index in [4.69, 9.17) is 4.42 Å². The van der Waals surface area contributed by atoms with Gasteiger partial charge in [0.2, 0.25) is 16.9 Å². The zero-order valence-electron chi connectivity index (χ0n) is 13.4. The van der Waals surface area contributed by atoms with Gasteiger partial charge in [-0.25, -0.2) is 0 Å². The maximum atomic E-state index is 12.1. The molecule has 0 aromatic carbocycles. The van der Waals surface area contributed by atoms with Crippen molar-refractivity contribution in [2.75, 3.05) is 4.90 Å². The van der Waals surface area contributed by atoms with Crippen molar-refractivity contribution in [3.05, 3.63) is 24.2 Å². The van der Waals surface area contributed by atoms with Gasteiger partial charge in [0.1, 0.15) is 5.76 Å². The second-order valence-electron chi connectivity index (χ2n) is 5.53. The SMILES string of the molecule is CC(=O)N(c1nnc(SC(C)C(=O)NCc2ccco2)s1)C1CC1. The van der Waals surface area contributed by atoms with E-state index in [9.17, 15) is 9.59 Å². The van der Waals surface area contributed by atoms with E-state index >= 15 is 0 Å². The molecule has 0 saturated heterocycles. The van der Waals surface area contributed by atoms with Crippen molar-refractivity contribution in [2.24, 2.45) is 0 Å². The number of hydrogen-bond acceptors (Lipinski definition) is 7. The predicted molar refractivity (Wildman–Crippen MR) is 92.0 cm³/mol. The van der Waals surface area contributed by atoms with Crippen molar-refractivity contribution in [1.29, 1.82) is 0 Å². The van der Waals surface area contributed by atoms with Crippen molar-refractivity contribution < 1.29 is 14.0 Å². The van der Waals surface area contributed by atoms with E-state index in [-0.39, 0.29) is 23.1 Å². The van der Waals surface area contributed by atoms with Crippen LogP contribution < -0.4 is 10.2 Å². The van der Waals surface area contributed by atoms with E-state index in [0.717, 1.165) is 12.8 Å². The quantitative estimate of drug-likeness (QED) is 0.598. The van der Waals surface area contributed by atoms with Gasteiger partial charge >= 0.3 is 0 Å². The molecule has 1 aliphatic carbocycles. The first-order chi connectivity index (χ1) is 11.5. The largest absolute Gasteiger partial charge is 0.467 e. The van der Waals surface area contributed by atoms with Gasteiger partial charge in [-0.15, -0.1) is 10.2 Å². The Hall–Kier alpha value is -1.87. The van der Waals surface area contributed by atoms with Crippen LogP contribution >= 0.6 is 23.1 Å². The van der Waals surface area contributed by atoms with Crippen molar-refractivity contribution >= 4 is 40.0 Å². The summed E-state index contributed by atoms with van der Waals surface area (Å²) >= 11 is 2.68. The fourth-order valence-electron chi connectivity index (χ4n) is 2.16. The van der Waals surface area contributed by atoms with Crippen molar-refractivity contribution in [3.63, 3.8) is 0 Å². The third kappa shape index (κ3) is 4.15. The lowest BCUT2D eigenvalue weighted by Crippen LogP contribution is -2.30. The topological polar surface area (TPSA) is 88.3 Å². The Bertz CT molecular complexity index is 712. The molecular weight excluding hydrogens is 348 g/mol. The van der Waals surface area contributed by atoms with Gasteiger partial charge in [0, 0.05) is 13.0 Å². The fourth-order valence-corrected chi connectivity index (χ4v) is 4.29. The lowest BCUT2D eigenvalue weighted by atomic mass is 10.4. The molecule has 1 N–H and O–H groups in total. The minimum absolute atomic E-state index is 0.0190. The summed E-state index contributed by atoms with van der Waals surface area (Å²) < 4.78 is 5.86. The smallest absolute Gasteiger partial charge is 0.233 e. The maximum absolute atomic E-state index is 12.1. The maximum Gasteiger partial charge on any atom is 0.233 e. The van der Waals surface area contributed by atoms with Gasteiger partial charge in [0.15, 0.2) is 4.34 Å². The number of carbonyl (C=O) groups is 2. The third-order valence-corrected chi connectivity index (χ3v) is 5.62. The number of nitrogens with one attached hydrogen (secondary N) is 1. The van der Waals surface area contributed by atoms with E-state index in [0.29, 0.717) is 21.8 Å². The molecule has 0 aliphatic heterocycles. The average molecular weight is 366 g/mol. The molecule has 0 radical (unpaired) electrons. The van der Waals surface area contributed by atoms with Gasteiger partial charge in [-0.3, -0.25) is 14.5 Å². The van der Waals surface area contributed by atoms with Crippen LogP contribution in [0.3, 0.4) is 0 Å². The summed E-state index contributed by atoms with van der Waals surface area (Å²) in [6.07, 6.45) is 3.59. The van der Waals surface area contributed by atoms with E-state index in [1.54, 1.807) is 17.2 Å². The van der Waals surface area contributed by atoms with Crippen LogP contribution in [0.2, 0.25) is 0 Å². The molecule has 1 aliphatic rings. The zero-order valence-corrected chi connectivity index (χ0v) is 15.0. The van der Waals surface area contributed by atoms with Crippen molar-refractivity contribution in [2.45, 2.75) is 48.9 Å².